The van der Waals surface area contributed by atoms with E-state index in [0.29, 0.717) is 18.1 Å². The highest BCUT2D eigenvalue weighted by Gasteiger charge is 2.23. The maximum Gasteiger partial charge on any atom is 0.264 e. The summed E-state index contributed by atoms with van der Waals surface area (Å²) in [6.07, 6.45) is 0. The fraction of sp³-hybridized carbons (Fsp3) is 0.316. The van der Waals surface area contributed by atoms with Gasteiger partial charge in [-0.3, -0.25) is 4.79 Å². The average molecular weight is 374 g/mol. The lowest BCUT2D eigenvalue weighted by Crippen LogP contribution is -2.30. The number of benzene rings is 1. The van der Waals surface area contributed by atoms with Gasteiger partial charge in [0.25, 0.3) is 5.91 Å². The van der Waals surface area contributed by atoms with E-state index in [1.54, 1.807) is 0 Å². The van der Waals surface area contributed by atoms with E-state index in [-0.39, 0.29) is 5.91 Å². The van der Waals surface area contributed by atoms with Gasteiger partial charge in [0.05, 0.1) is 4.88 Å². The van der Waals surface area contributed by atoms with Crippen molar-refractivity contribution in [3.8, 4) is 0 Å². The number of fused-ring (bicyclic) bond motifs is 1. The highest BCUT2D eigenvalue weighted by molar-refractivity contribution is 7.20. The van der Waals surface area contributed by atoms with Gasteiger partial charge < -0.3 is 4.90 Å². The maximum atomic E-state index is 13.1. The molecule has 6 heteroatoms. The molecule has 0 aliphatic rings. The van der Waals surface area contributed by atoms with E-state index in [1.807, 2.05) is 56.9 Å². The number of aromatic nitrogens is 2. The van der Waals surface area contributed by atoms with Gasteiger partial charge >= 0.3 is 0 Å². The predicted molar refractivity (Wildman–Crippen MR) is 103 cm³/mol. The van der Waals surface area contributed by atoms with E-state index in [0.717, 1.165) is 37.7 Å². The molecule has 0 fully saturated rings. The zero-order valence-corrected chi connectivity index (χ0v) is 16.3. The second-order valence-electron chi connectivity index (χ2n) is 6.00. The summed E-state index contributed by atoms with van der Waals surface area (Å²) in [5.41, 5.74) is 2.83. The van der Waals surface area contributed by atoms with Gasteiger partial charge in [0.15, 0.2) is 0 Å². The van der Waals surface area contributed by atoms with Crippen LogP contribution in [0.4, 0.5) is 0 Å². The van der Waals surface area contributed by atoms with Crippen LogP contribution in [-0.2, 0) is 6.54 Å². The van der Waals surface area contributed by atoms with Gasteiger partial charge in [-0.05, 0) is 44.9 Å². The van der Waals surface area contributed by atoms with Crippen molar-refractivity contribution in [1.29, 1.82) is 0 Å². The number of nitrogens with zero attached hydrogens (tertiary/aromatic N) is 3. The maximum absolute atomic E-state index is 13.1. The highest BCUT2D eigenvalue weighted by atomic mass is 35.5. The van der Waals surface area contributed by atoms with Gasteiger partial charge in [-0.1, -0.05) is 29.8 Å². The number of carbonyl (C=O) groups excluding carboxylic acids is 1. The fourth-order valence-corrected chi connectivity index (χ4v) is 4.42. The van der Waals surface area contributed by atoms with Crippen LogP contribution in [0.25, 0.3) is 10.2 Å². The third kappa shape index (κ3) is 3.39. The second kappa shape index (κ2) is 7.10. The van der Waals surface area contributed by atoms with Gasteiger partial charge in [0.2, 0.25) is 0 Å². The molecule has 2 heterocycles. The number of aryl methyl sites for hydroxylation is 3. The number of thiophene rings is 1. The molecule has 3 rings (SSSR count). The van der Waals surface area contributed by atoms with Crippen molar-refractivity contribution in [2.24, 2.45) is 0 Å². The first-order chi connectivity index (χ1) is 11.9. The van der Waals surface area contributed by atoms with Crippen LogP contribution in [0, 0.1) is 20.8 Å². The molecule has 0 unspecified atom stereocenters. The highest BCUT2D eigenvalue weighted by Crippen LogP contribution is 2.32. The first-order valence-corrected chi connectivity index (χ1v) is 9.38. The van der Waals surface area contributed by atoms with Crippen LogP contribution >= 0.6 is 22.9 Å². The summed E-state index contributed by atoms with van der Waals surface area (Å²) in [5.74, 6) is 0.744. The molecule has 0 bridgehead atoms. The average Bonchev–Trinajstić information content (AvgIpc) is 2.90. The third-order valence-electron chi connectivity index (χ3n) is 4.27. The zero-order valence-electron chi connectivity index (χ0n) is 14.8. The van der Waals surface area contributed by atoms with Crippen molar-refractivity contribution < 1.29 is 4.79 Å². The number of amides is 1. The molecule has 0 aliphatic heterocycles. The lowest BCUT2D eigenvalue weighted by atomic mass is 10.1. The molecule has 1 aromatic carbocycles. The normalized spacial score (nSPS) is 11.1. The Morgan fingerprint density at radius 3 is 2.60 bits per heavy atom. The first-order valence-electron chi connectivity index (χ1n) is 8.19. The molecular formula is C19H20ClN3OS. The minimum absolute atomic E-state index is 0.0139. The molecule has 0 saturated carbocycles. The summed E-state index contributed by atoms with van der Waals surface area (Å²) in [7, 11) is 0. The molecule has 4 nitrogen and oxygen atoms in total. The van der Waals surface area contributed by atoms with Crippen molar-refractivity contribution in [2.75, 3.05) is 6.54 Å². The minimum atomic E-state index is 0.0139. The van der Waals surface area contributed by atoms with Crippen LogP contribution in [-0.4, -0.2) is 27.3 Å². The summed E-state index contributed by atoms with van der Waals surface area (Å²) in [6.45, 7) is 8.90. The molecule has 3 aromatic rings. The summed E-state index contributed by atoms with van der Waals surface area (Å²) >= 11 is 7.70. The van der Waals surface area contributed by atoms with Crippen LogP contribution in [0.2, 0.25) is 5.02 Å². The van der Waals surface area contributed by atoms with Crippen LogP contribution in [0.15, 0.2) is 24.3 Å². The molecule has 0 aliphatic carbocycles. The molecule has 0 radical (unpaired) electrons. The lowest BCUT2D eigenvalue weighted by molar-refractivity contribution is 0.0757. The molecule has 0 N–H and O–H groups in total. The third-order valence-corrected chi connectivity index (χ3v) is 5.81. The largest absolute Gasteiger partial charge is 0.334 e. The second-order valence-corrected chi connectivity index (χ2v) is 7.41. The van der Waals surface area contributed by atoms with Gasteiger partial charge in [-0.2, -0.15) is 0 Å². The quantitative estimate of drug-likeness (QED) is 0.651. The van der Waals surface area contributed by atoms with Gasteiger partial charge in [0.1, 0.15) is 10.7 Å². The zero-order chi connectivity index (χ0) is 18.1. The molecule has 2 aromatic heterocycles. The molecular weight excluding hydrogens is 354 g/mol. The number of halogens is 1. The Kier molecular flexibility index (Phi) is 5.06. The number of hydrogen-bond donors (Lipinski definition) is 0. The fourth-order valence-electron chi connectivity index (χ4n) is 2.98. The monoisotopic (exact) mass is 373 g/mol. The number of carbonyl (C=O) groups is 1. The Morgan fingerprint density at radius 2 is 1.92 bits per heavy atom. The van der Waals surface area contributed by atoms with E-state index in [4.69, 9.17) is 11.6 Å². The van der Waals surface area contributed by atoms with Crippen LogP contribution < -0.4 is 0 Å². The van der Waals surface area contributed by atoms with Crippen molar-refractivity contribution in [3.05, 3.63) is 56.8 Å². The van der Waals surface area contributed by atoms with Crippen molar-refractivity contribution >= 4 is 39.1 Å². The lowest BCUT2D eigenvalue weighted by Gasteiger charge is -2.21. The molecule has 0 saturated heterocycles. The Bertz CT molecular complexity index is 951. The molecule has 0 atom stereocenters. The predicted octanol–water partition coefficient (Wildman–Crippen LogP) is 4.93. The van der Waals surface area contributed by atoms with E-state index >= 15 is 0 Å². The smallest absolute Gasteiger partial charge is 0.264 e. The van der Waals surface area contributed by atoms with Crippen LogP contribution in [0.1, 0.15) is 39.2 Å². The number of hydrogen-bond acceptors (Lipinski definition) is 4. The van der Waals surface area contributed by atoms with E-state index in [1.165, 1.54) is 11.3 Å². The van der Waals surface area contributed by atoms with Crippen molar-refractivity contribution in [1.82, 2.24) is 14.9 Å². The van der Waals surface area contributed by atoms with Crippen molar-refractivity contribution in [2.45, 2.75) is 34.2 Å². The molecule has 1 amide bonds. The van der Waals surface area contributed by atoms with E-state index < -0.39 is 0 Å². The van der Waals surface area contributed by atoms with Gasteiger partial charge in [-0.25, -0.2) is 9.97 Å². The van der Waals surface area contributed by atoms with Gasteiger partial charge in [0, 0.05) is 29.2 Å². The summed E-state index contributed by atoms with van der Waals surface area (Å²) < 4.78 is 0. The van der Waals surface area contributed by atoms with Crippen molar-refractivity contribution in [3.63, 3.8) is 0 Å². The van der Waals surface area contributed by atoms with Gasteiger partial charge in [-0.15, -0.1) is 11.3 Å². The SMILES string of the molecule is CCN(Cc1ccccc1Cl)C(=O)c1sc2nc(C)nc(C)c2c1C. The topological polar surface area (TPSA) is 46.1 Å². The summed E-state index contributed by atoms with van der Waals surface area (Å²) in [5, 5.41) is 1.67. The van der Waals surface area contributed by atoms with E-state index in [9.17, 15) is 4.79 Å². The standard InChI is InChI=1S/C19H20ClN3OS/c1-5-23(10-14-8-6-7-9-15(14)20)19(24)17-11(2)16-12(3)21-13(4)22-18(16)25-17/h6-9H,5,10H2,1-4H3. The van der Waals surface area contributed by atoms with Crippen LogP contribution in [0.3, 0.4) is 0 Å². The first kappa shape index (κ1) is 17.8. The summed E-state index contributed by atoms with van der Waals surface area (Å²) in [4.78, 5) is 25.5. The Hall–Kier alpha value is -1.98. The molecule has 0 spiro atoms. The minimum Gasteiger partial charge on any atom is -0.334 e. The van der Waals surface area contributed by atoms with Crippen LogP contribution in [0.5, 0.6) is 0 Å². The Morgan fingerprint density at radius 1 is 1.20 bits per heavy atom. The van der Waals surface area contributed by atoms with E-state index in [2.05, 4.69) is 9.97 Å². The number of rotatable bonds is 4. The Labute approximate surface area is 156 Å². The molecule has 25 heavy (non-hydrogen) atoms. The molecule has 130 valence electrons. The Balaban J connectivity index is 1.99. The summed E-state index contributed by atoms with van der Waals surface area (Å²) in [6, 6.07) is 7.63.